The van der Waals surface area contributed by atoms with Gasteiger partial charge in [0.25, 0.3) is 0 Å². The molecule has 0 aromatic carbocycles. The van der Waals surface area contributed by atoms with E-state index in [2.05, 4.69) is 36.2 Å². The number of anilines is 1. The zero-order chi connectivity index (χ0) is 11.4. The Kier molecular flexibility index (Phi) is 3.79. The third-order valence-electron chi connectivity index (χ3n) is 2.05. The average molecular weight is 302 g/mol. The number of imidazole rings is 1. The number of halogens is 2. The smallest absolute Gasteiger partial charge is 0.144 e. The molecule has 2 aromatic heterocycles. The van der Waals surface area contributed by atoms with Gasteiger partial charge in [0.1, 0.15) is 5.82 Å². The van der Waals surface area contributed by atoms with E-state index in [0.29, 0.717) is 10.8 Å². The molecule has 0 aliphatic carbocycles. The van der Waals surface area contributed by atoms with Crippen LogP contribution in [0.5, 0.6) is 0 Å². The summed E-state index contributed by atoms with van der Waals surface area (Å²) >= 11 is 9.32. The van der Waals surface area contributed by atoms with Crippen LogP contribution in [0.2, 0.25) is 5.02 Å². The summed E-state index contributed by atoms with van der Waals surface area (Å²) < 4.78 is 0.872. The van der Waals surface area contributed by atoms with Crippen LogP contribution in [-0.4, -0.2) is 21.5 Å². The lowest BCUT2D eigenvalue weighted by Crippen LogP contribution is -2.06. The van der Waals surface area contributed by atoms with Gasteiger partial charge in [0.15, 0.2) is 0 Å². The second kappa shape index (κ2) is 5.32. The maximum atomic E-state index is 6.02. The molecule has 0 amide bonds. The van der Waals surface area contributed by atoms with Crippen LogP contribution in [0.15, 0.2) is 29.3 Å². The van der Waals surface area contributed by atoms with Crippen molar-refractivity contribution in [2.75, 3.05) is 11.9 Å². The lowest BCUT2D eigenvalue weighted by Gasteiger charge is -2.06. The van der Waals surface area contributed by atoms with E-state index in [4.69, 9.17) is 11.6 Å². The number of aromatic nitrogens is 3. The minimum Gasteiger partial charge on any atom is -0.368 e. The molecule has 84 valence electrons. The van der Waals surface area contributed by atoms with Gasteiger partial charge < -0.3 is 10.3 Å². The molecule has 6 heteroatoms. The molecule has 0 aliphatic heterocycles. The number of nitrogens with one attached hydrogen (secondary N) is 2. The SMILES string of the molecule is Clc1cc(Br)cnc1NCCc1cnc[nH]1. The van der Waals surface area contributed by atoms with Gasteiger partial charge in [-0.3, -0.25) is 0 Å². The summed E-state index contributed by atoms with van der Waals surface area (Å²) in [6, 6.07) is 1.81. The summed E-state index contributed by atoms with van der Waals surface area (Å²) in [7, 11) is 0. The van der Waals surface area contributed by atoms with Gasteiger partial charge in [-0.2, -0.15) is 0 Å². The van der Waals surface area contributed by atoms with Crippen LogP contribution >= 0.6 is 27.5 Å². The van der Waals surface area contributed by atoms with E-state index in [9.17, 15) is 0 Å². The van der Waals surface area contributed by atoms with Crippen molar-refractivity contribution in [2.24, 2.45) is 0 Å². The normalized spacial score (nSPS) is 10.4. The molecule has 2 N–H and O–H groups in total. The van der Waals surface area contributed by atoms with E-state index in [-0.39, 0.29) is 0 Å². The van der Waals surface area contributed by atoms with Gasteiger partial charge in [-0.05, 0) is 22.0 Å². The Morgan fingerprint density at radius 1 is 1.44 bits per heavy atom. The molecule has 0 saturated carbocycles. The van der Waals surface area contributed by atoms with E-state index >= 15 is 0 Å². The molecule has 0 fully saturated rings. The molecule has 0 unspecified atom stereocenters. The summed E-state index contributed by atoms with van der Waals surface area (Å²) in [5.74, 6) is 0.699. The summed E-state index contributed by atoms with van der Waals surface area (Å²) in [5.41, 5.74) is 1.08. The second-order valence-electron chi connectivity index (χ2n) is 3.24. The maximum absolute atomic E-state index is 6.02. The molecule has 16 heavy (non-hydrogen) atoms. The van der Waals surface area contributed by atoms with Gasteiger partial charge in [-0.15, -0.1) is 0 Å². The molecular weight excluding hydrogens is 291 g/mol. The molecule has 2 aromatic rings. The van der Waals surface area contributed by atoms with Crippen LogP contribution in [0.4, 0.5) is 5.82 Å². The van der Waals surface area contributed by atoms with Crippen LogP contribution in [-0.2, 0) is 6.42 Å². The van der Waals surface area contributed by atoms with E-state index in [1.165, 1.54) is 0 Å². The molecule has 4 nitrogen and oxygen atoms in total. The topological polar surface area (TPSA) is 53.6 Å². The number of aromatic amines is 1. The summed E-state index contributed by atoms with van der Waals surface area (Å²) in [4.78, 5) is 11.2. The average Bonchev–Trinajstić information content (AvgIpc) is 2.74. The molecule has 0 saturated heterocycles. The lowest BCUT2D eigenvalue weighted by atomic mass is 10.3. The van der Waals surface area contributed by atoms with Crippen molar-refractivity contribution in [2.45, 2.75) is 6.42 Å². The Morgan fingerprint density at radius 2 is 2.31 bits per heavy atom. The lowest BCUT2D eigenvalue weighted by molar-refractivity contribution is 0.968. The molecule has 2 heterocycles. The predicted molar refractivity (Wildman–Crippen MR) is 67.7 cm³/mol. The maximum Gasteiger partial charge on any atom is 0.144 e. The number of hydrogen-bond donors (Lipinski definition) is 2. The fourth-order valence-corrected chi connectivity index (χ4v) is 1.98. The first kappa shape index (κ1) is 11.4. The van der Waals surface area contributed by atoms with E-state index in [0.717, 1.165) is 23.1 Å². The molecule has 0 radical (unpaired) electrons. The summed E-state index contributed by atoms with van der Waals surface area (Å²) in [5, 5.41) is 3.78. The molecule has 0 atom stereocenters. The monoisotopic (exact) mass is 300 g/mol. The minimum absolute atomic E-state index is 0.610. The standard InChI is InChI=1S/C10H10BrClN4/c11-7-3-9(12)10(15-4-7)14-2-1-8-5-13-6-16-8/h3-6H,1-2H2,(H,13,16)(H,14,15). The van der Waals surface area contributed by atoms with Crippen molar-refractivity contribution >= 4 is 33.3 Å². The largest absolute Gasteiger partial charge is 0.368 e. The first-order chi connectivity index (χ1) is 7.75. The Hall–Kier alpha value is -1.07. The highest BCUT2D eigenvalue weighted by Crippen LogP contribution is 2.22. The fraction of sp³-hybridized carbons (Fsp3) is 0.200. The van der Waals surface area contributed by atoms with Crippen LogP contribution in [0, 0.1) is 0 Å². The van der Waals surface area contributed by atoms with Crippen LogP contribution in [0.1, 0.15) is 5.69 Å². The Bertz CT molecular complexity index is 458. The van der Waals surface area contributed by atoms with Crippen molar-refractivity contribution in [3.8, 4) is 0 Å². The van der Waals surface area contributed by atoms with E-state index in [1.54, 1.807) is 18.7 Å². The second-order valence-corrected chi connectivity index (χ2v) is 4.56. The minimum atomic E-state index is 0.610. The van der Waals surface area contributed by atoms with Crippen molar-refractivity contribution in [1.82, 2.24) is 15.0 Å². The highest BCUT2D eigenvalue weighted by Gasteiger charge is 2.02. The Morgan fingerprint density at radius 3 is 3.00 bits per heavy atom. The highest BCUT2D eigenvalue weighted by molar-refractivity contribution is 9.10. The number of pyridine rings is 1. The van der Waals surface area contributed by atoms with E-state index < -0.39 is 0 Å². The molecule has 0 aliphatic rings. The third-order valence-corrected chi connectivity index (χ3v) is 2.77. The quantitative estimate of drug-likeness (QED) is 0.913. The fourth-order valence-electron chi connectivity index (χ4n) is 1.28. The number of nitrogens with zero attached hydrogens (tertiary/aromatic N) is 2. The van der Waals surface area contributed by atoms with Crippen LogP contribution < -0.4 is 5.32 Å². The first-order valence-corrected chi connectivity index (χ1v) is 5.95. The zero-order valence-corrected chi connectivity index (χ0v) is 10.7. The van der Waals surface area contributed by atoms with Gasteiger partial charge >= 0.3 is 0 Å². The predicted octanol–water partition coefficient (Wildman–Crippen LogP) is 2.88. The first-order valence-electron chi connectivity index (χ1n) is 4.78. The van der Waals surface area contributed by atoms with Gasteiger partial charge in [0.2, 0.25) is 0 Å². The van der Waals surface area contributed by atoms with Gasteiger partial charge in [0, 0.05) is 35.5 Å². The third kappa shape index (κ3) is 2.96. The molecular formula is C10H10BrClN4. The highest BCUT2D eigenvalue weighted by atomic mass is 79.9. The summed E-state index contributed by atoms with van der Waals surface area (Å²) in [6.45, 7) is 0.760. The number of rotatable bonds is 4. The van der Waals surface area contributed by atoms with Gasteiger partial charge in [0.05, 0.1) is 11.3 Å². The van der Waals surface area contributed by atoms with Crippen molar-refractivity contribution in [3.05, 3.63) is 40.0 Å². The summed E-state index contributed by atoms with van der Waals surface area (Å²) in [6.07, 6.45) is 6.04. The van der Waals surface area contributed by atoms with Crippen molar-refractivity contribution < 1.29 is 0 Å². The van der Waals surface area contributed by atoms with Crippen LogP contribution in [0.3, 0.4) is 0 Å². The number of hydrogen-bond acceptors (Lipinski definition) is 3. The Labute approximate surface area is 107 Å². The van der Waals surface area contributed by atoms with Crippen molar-refractivity contribution in [1.29, 1.82) is 0 Å². The van der Waals surface area contributed by atoms with Gasteiger partial charge in [-0.25, -0.2) is 9.97 Å². The molecule has 2 rings (SSSR count). The Balaban J connectivity index is 1.90. The molecule has 0 bridgehead atoms. The van der Waals surface area contributed by atoms with Crippen molar-refractivity contribution in [3.63, 3.8) is 0 Å². The molecule has 0 spiro atoms. The van der Waals surface area contributed by atoms with Gasteiger partial charge in [-0.1, -0.05) is 11.6 Å². The van der Waals surface area contributed by atoms with Crippen LogP contribution in [0.25, 0.3) is 0 Å². The zero-order valence-electron chi connectivity index (χ0n) is 8.37. The number of H-pyrrole nitrogens is 1. The van der Waals surface area contributed by atoms with E-state index in [1.807, 2.05) is 6.07 Å².